The van der Waals surface area contributed by atoms with Crippen molar-refractivity contribution in [2.45, 2.75) is 46.0 Å². The molecule has 25 heavy (non-hydrogen) atoms. The number of hydrogen-bond donors (Lipinski definition) is 0. The normalized spacial score (nSPS) is 10.5. The van der Waals surface area contributed by atoms with Crippen molar-refractivity contribution in [3.63, 3.8) is 0 Å². The zero-order valence-electron chi connectivity index (χ0n) is 15.1. The Morgan fingerprint density at radius 3 is 2.20 bits per heavy atom. The van der Waals surface area contributed by atoms with Crippen molar-refractivity contribution in [2.24, 2.45) is 0 Å². The molecule has 0 N–H and O–H groups in total. The number of Topliss-reactive ketones (excluding diaryl/α,β-unsaturated/α-hetero) is 1. The lowest BCUT2D eigenvalue weighted by Gasteiger charge is -2.09. The molecule has 132 valence electrons. The first-order valence-electron chi connectivity index (χ1n) is 9.07. The Morgan fingerprint density at radius 2 is 1.52 bits per heavy atom. The van der Waals surface area contributed by atoms with E-state index in [1.165, 1.54) is 6.42 Å². The molecule has 0 unspecified atom stereocenters. The van der Waals surface area contributed by atoms with Crippen molar-refractivity contribution in [1.82, 2.24) is 0 Å². The van der Waals surface area contributed by atoms with Gasteiger partial charge in [-0.15, -0.1) is 0 Å². The number of unbranched alkanes of at least 4 members (excludes halogenated alkanes) is 3. The van der Waals surface area contributed by atoms with Crippen molar-refractivity contribution >= 4 is 11.6 Å². The van der Waals surface area contributed by atoms with Gasteiger partial charge in [0.05, 0.1) is 12.2 Å². The molecular weight excluding hydrogens is 312 g/mol. The fourth-order valence-corrected chi connectivity index (χ4v) is 2.76. The SMILES string of the molecule is CCCCCCC(=O)c1ccc(C(=O)c2ccccc2OCC)cc1. The third kappa shape index (κ3) is 5.28. The van der Waals surface area contributed by atoms with E-state index in [0.29, 0.717) is 35.5 Å². The summed E-state index contributed by atoms with van der Waals surface area (Å²) in [6.07, 6.45) is 4.91. The number of para-hydroxylation sites is 1. The number of benzene rings is 2. The highest BCUT2D eigenvalue weighted by Crippen LogP contribution is 2.22. The Labute approximate surface area is 150 Å². The van der Waals surface area contributed by atoms with Crippen molar-refractivity contribution in [1.29, 1.82) is 0 Å². The summed E-state index contributed by atoms with van der Waals surface area (Å²) in [6.45, 7) is 4.55. The van der Waals surface area contributed by atoms with Gasteiger partial charge in [-0.3, -0.25) is 9.59 Å². The molecule has 0 atom stereocenters. The molecule has 0 radical (unpaired) electrons. The molecule has 3 nitrogen and oxygen atoms in total. The molecule has 2 rings (SSSR count). The lowest BCUT2D eigenvalue weighted by atomic mass is 9.99. The summed E-state index contributed by atoms with van der Waals surface area (Å²) in [6, 6.07) is 14.2. The minimum Gasteiger partial charge on any atom is -0.493 e. The van der Waals surface area contributed by atoms with E-state index in [1.807, 2.05) is 19.1 Å². The fraction of sp³-hybridized carbons (Fsp3) is 0.364. The number of carbonyl (C=O) groups is 2. The molecule has 0 spiro atoms. The molecule has 0 aliphatic rings. The van der Waals surface area contributed by atoms with E-state index in [-0.39, 0.29) is 11.6 Å². The average Bonchev–Trinajstić information content (AvgIpc) is 2.65. The zero-order chi connectivity index (χ0) is 18.1. The van der Waals surface area contributed by atoms with E-state index in [9.17, 15) is 9.59 Å². The summed E-state index contributed by atoms with van der Waals surface area (Å²) in [4.78, 5) is 24.9. The van der Waals surface area contributed by atoms with Gasteiger partial charge in [0.1, 0.15) is 5.75 Å². The van der Waals surface area contributed by atoms with Crippen LogP contribution in [0.3, 0.4) is 0 Å². The van der Waals surface area contributed by atoms with Crippen molar-refractivity contribution < 1.29 is 14.3 Å². The van der Waals surface area contributed by atoms with Gasteiger partial charge in [0.25, 0.3) is 0 Å². The Kier molecular flexibility index (Phi) is 7.39. The van der Waals surface area contributed by atoms with Crippen LogP contribution in [0.2, 0.25) is 0 Å². The second kappa shape index (κ2) is 9.77. The van der Waals surface area contributed by atoms with Gasteiger partial charge in [0, 0.05) is 17.5 Å². The van der Waals surface area contributed by atoms with Gasteiger partial charge < -0.3 is 4.74 Å². The Hall–Kier alpha value is -2.42. The monoisotopic (exact) mass is 338 g/mol. The van der Waals surface area contributed by atoms with Gasteiger partial charge in [-0.2, -0.15) is 0 Å². The highest BCUT2D eigenvalue weighted by atomic mass is 16.5. The predicted molar refractivity (Wildman–Crippen MR) is 101 cm³/mol. The smallest absolute Gasteiger partial charge is 0.196 e. The zero-order valence-corrected chi connectivity index (χ0v) is 15.1. The highest BCUT2D eigenvalue weighted by molar-refractivity contribution is 6.11. The van der Waals surface area contributed by atoms with Crippen LogP contribution in [0.1, 0.15) is 72.2 Å². The average molecular weight is 338 g/mol. The van der Waals surface area contributed by atoms with E-state index >= 15 is 0 Å². The summed E-state index contributed by atoms with van der Waals surface area (Å²) in [5, 5.41) is 0. The minimum atomic E-state index is -0.0917. The van der Waals surface area contributed by atoms with Gasteiger partial charge >= 0.3 is 0 Å². The van der Waals surface area contributed by atoms with E-state index < -0.39 is 0 Å². The first-order valence-corrected chi connectivity index (χ1v) is 9.07. The van der Waals surface area contributed by atoms with Gasteiger partial charge in [-0.05, 0) is 25.5 Å². The summed E-state index contributed by atoms with van der Waals surface area (Å²) in [5.74, 6) is 0.641. The third-order valence-electron chi connectivity index (χ3n) is 4.16. The summed E-state index contributed by atoms with van der Waals surface area (Å²) >= 11 is 0. The van der Waals surface area contributed by atoms with E-state index in [0.717, 1.165) is 19.3 Å². The molecule has 0 fully saturated rings. The van der Waals surface area contributed by atoms with E-state index in [2.05, 4.69) is 6.92 Å². The molecule has 0 amide bonds. The van der Waals surface area contributed by atoms with Crippen molar-refractivity contribution in [3.05, 3.63) is 65.2 Å². The standard InChI is InChI=1S/C22H26O3/c1-3-5-6-7-11-20(23)17-13-15-18(16-14-17)22(24)19-10-8-9-12-21(19)25-4-2/h8-10,12-16H,3-7,11H2,1-2H3. The van der Waals surface area contributed by atoms with Gasteiger partial charge in [0.2, 0.25) is 0 Å². The molecule has 0 aliphatic heterocycles. The summed E-state index contributed by atoms with van der Waals surface area (Å²) < 4.78 is 5.53. The Balaban J connectivity index is 2.07. The molecule has 0 saturated carbocycles. The maximum atomic E-state index is 12.7. The maximum Gasteiger partial charge on any atom is 0.196 e. The lowest BCUT2D eigenvalue weighted by Crippen LogP contribution is -2.06. The number of rotatable bonds is 10. The maximum absolute atomic E-state index is 12.7. The molecule has 0 heterocycles. The van der Waals surface area contributed by atoms with E-state index in [1.54, 1.807) is 36.4 Å². The molecule has 3 heteroatoms. The van der Waals surface area contributed by atoms with Crippen LogP contribution < -0.4 is 4.74 Å². The van der Waals surface area contributed by atoms with Gasteiger partial charge in [-0.25, -0.2) is 0 Å². The molecule has 2 aromatic carbocycles. The first-order chi connectivity index (χ1) is 12.2. The van der Waals surface area contributed by atoms with E-state index in [4.69, 9.17) is 4.74 Å². The molecule has 0 aliphatic carbocycles. The Bertz CT molecular complexity index is 701. The number of hydrogen-bond acceptors (Lipinski definition) is 3. The van der Waals surface area contributed by atoms with Crippen molar-refractivity contribution in [3.8, 4) is 5.75 Å². The topological polar surface area (TPSA) is 43.4 Å². The molecule has 0 bridgehead atoms. The van der Waals surface area contributed by atoms with Crippen LogP contribution in [0, 0.1) is 0 Å². The molecule has 0 aromatic heterocycles. The minimum absolute atomic E-state index is 0.0917. The Morgan fingerprint density at radius 1 is 0.840 bits per heavy atom. The highest BCUT2D eigenvalue weighted by Gasteiger charge is 2.15. The molecular formula is C22H26O3. The number of carbonyl (C=O) groups excluding carboxylic acids is 2. The summed E-state index contributed by atoms with van der Waals surface area (Å²) in [7, 11) is 0. The number of ketones is 2. The van der Waals surface area contributed by atoms with Crippen LogP contribution >= 0.6 is 0 Å². The predicted octanol–water partition coefficient (Wildman–Crippen LogP) is 5.47. The first kappa shape index (κ1) is 18.9. The quantitative estimate of drug-likeness (QED) is 0.426. The second-order valence-electron chi connectivity index (χ2n) is 6.07. The summed E-state index contributed by atoms with van der Waals surface area (Å²) in [5.41, 5.74) is 1.78. The van der Waals surface area contributed by atoms with Crippen LogP contribution in [-0.4, -0.2) is 18.2 Å². The number of ether oxygens (including phenoxy) is 1. The van der Waals surface area contributed by atoms with Crippen molar-refractivity contribution in [2.75, 3.05) is 6.61 Å². The third-order valence-corrected chi connectivity index (χ3v) is 4.16. The van der Waals surface area contributed by atoms with Crippen LogP contribution in [-0.2, 0) is 0 Å². The van der Waals surface area contributed by atoms with Gasteiger partial charge in [-0.1, -0.05) is 62.6 Å². The van der Waals surface area contributed by atoms with Crippen LogP contribution in [0.15, 0.2) is 48.5 Å². The fourth-order valence-electron chi connectivity index (χ4n) is 2.76. The largest absolute Gasteiger partial charge is 0.493 e. The second-order valence-corrected chi connectivity index (χ2v) is 6.07. The van der Waals surface area contributed by atoms with Crippen LogP contribution in [0.5, 0.6) is 5.75 Å². The van der Waals surface area contributed by atoms with Crippen LogP contribution in [0.4, 0.5) is 0 Å². The van der Waals surface area contributed by atoms with Gasteiger partial charge in [0.15, 0.2) is 11.6 Å². The van der Waals surface area contributed by atoms with Crippen LogP contribution in [0.25, 0.3) is 0 Å². The lowest BCUT2D eigenvalue weighted by molar-refractivity contribution is 0.0976. The molecule has 0 saturated heterocycles. The molecule has 2 aromatic rings.